The molecule has 0 saturated heterocycles. The van der Waals surface area contributed by atoms with Crippen LogP contribution in [0.2, 0.25) is 0 Å². The lowest BCUT2D eigenvalue weighted by Crippen LogP contribution is -2.54. The maximum atomic E-state index is 12.5. The zero-order valence-corrected chi connectivity index (χ0v) is 15.3. The lowest BCUT2D eigenvalue weighted by Gasteiger charge is -2.57. The molecule has 4 aliphatic rings. The predicted octanol–water partition coefficient (Wildman–Crippen LogP) is 5.22. The number of anilines is 2. The number of aryl methyl sites for hydroxylation is 1. The van der Waals surface area contributed by atoms with Crippen LogP contribution in [0.5, 0.6) is 0 Å². The number of furan rings is 1. The molecule has 0 radical (unpaired) electrons. The fourth-order valence-corrected chi connectivity index (χ4v) is 5.99. The van der Waals surface area contributed by atoms with Gasteiger partial charge in [-0.25, -0.2) is 0 Å². The first-order valence-corrected chi connectivity index (χ1v) is 9.84. The van der Waals surface area contributed by atoms with Crippen molar-refractivity contribution in [1.82, 2.24) is 0 Å². The highest BCUT2D eigenvalue weighted by Crippen LogP contribution is 2.56. The Morgan fingerprint density at radius 1 is 0.962 bits per heavy atom. The summed E-state index contributed by atoms with van der Waals surface area (Å²) in [5, 5.41) is 6.90. The van der Waals surface area contributed by atoms with Gasteiger partial charge in [-0.05, 0) is 87.5 Å². The van der Waals surface area contributed by atoms with Gasteiger partial charge in [0.1, 0.15) is 5.76 Å². The summed E-state index contributed by atoms with van der Waals surface area (Å²) in [4.78, 5) is 12.5. The number of amides is 1. The van der Waals surface area contributed by atoms with Crippen molar-refractivity contribution in [1.29, 1.82) is 0 Å². The van der Waals surface area contributed by atoms with Gasteiger partial charge in [0.05, 0.1) is 11.4 Å². The highest BCUT2D eigenvalue weighted by Gasteiger charge is 2.51. The van der Waals surface area contributed by atoms with E-state index in [1.54, 1.807) is 6.07 Å². The molecule has 1 amide bonds. The Hall–Kier alpha value is -2.23. The van der Waals surface area contributed by atoms with Gasteiger partial charge in [0.25, 0.3) is 5.91 Å². The second kappa shape index (κ2) is 5.90. The van der Waals surface area contributed by atoms with Gasteiger partial charge in [0, 0.05) is 5.54 Å². The van der Waals surface area contributed by atoms with E-state index in [9.17, 15) is 4.79 Å². The molecule has 4 fully saturated rings. The summed E-state index contributed by atoms with van der Waals surface area (Å²) >= 11 is 0. The SMILES string of the molecule is Cc1ccc(C(=O)Nc2ccccc2NC23CC4CC(CC(C4)C2)C3)o1. The van der Waals surface area contributed by atoms with Gasteiger partial charge >= 0.3 is 0 Å². The topological polar surface area (TPSA) is 54.3 Å². The Morgan fingerprint density at radius 2 is 1.58 bits per heavy atom. The van der Waals surface area contributed by atoms with E-state index < -0.39 is 0 Å². The Bertz CT molecular complexity index is 803. The van der Waals surface area contributed by atoms with E-state index in [0.29, 0.717) is 5.76 Å². The Labute approximate surface area is 154 Å². The molecule has 4 nitrogen and oxygen atoms in total. The Morgan fingerprint density at radius 3 is 2.15 bits per heavy atom. The number of para-hydroxylation sites is 2. The number of hydrogen-bond donors (Lipinski definition) is 2. The first-order chi connectivity index (χ1) is 12.6. The predicted molar refractivity (Wildman–Crippen MR) is 102 cm³/mol. The second-order valence-corrected chi connectivity index (χ2v) is 8.73. The zero-order chi connectivity index (χ0) is 17.7. The smallest absolute Gasteiger partial charge is 0.291 e. The summed E-state index contributed by atoms with van der Waals surface area (Å²) in [5.74, 6) is 3.57. The van der Waals surface area contributed by atoms with Gasteiger partial charge in [0.2, 0.25) is 0 Å². The third kappa shape index (κ3) is 2.81. The number of benzene rings is 1. The molecule has 0 aliphatic heterocycles. The van der Waals surface area contributed by atoms with Crippen LogP contribution in [0.3, 0.4) is 0 Å². The van der Waals surface area contributed by atoms with E-state index in [1.165, 1.54) is 38.5 Å². The van der Waals surface area contributed by atoms with Crippen LogP contribution in [0.1, 0.15) is 54.8 Å². The quantitative estimate of drug-likeness (QED) is 0.795. The summed E-state index contributed by atoms with van der Waals surface area (Å²) in [5.41, 5.74) is 2.09. The molecule has 0 spiro atoms. The molecule has 136 valence electrons. The summed E-state index contributed by atoms with van der Waals surface area (Å²) in [7, 11) is 0. The molecular formula is C22H26N2O2. The van der Waals surface area contributed by atoms with Crippen LogP contribution in [0.4, 0.5) is 11.4 Å². The van der Waals surface area contributed by atoms with E-state index in [0.717, 1.165) is 34.9 Å². The minimum absolute atomic E-state index is 0.196. The Balaban J connectivity index is 1.38. The van der Waals surface area contributed by atoms with Crippen LogP contribution in [0, 0.1) is 24.7 Å². The monoisotopic (exact) mass is 350 g/mol. The normalized spacial score (nSPS) is 31.8. The number of carbonyl (C=O) groups excluding carboxylic acids is 1. The minimum Gasteiger partial charge on any atom is -0.456 e. The molecule has 1 aromatic carbocycles. The van der Waals surface area contributed by atoms with Crippen LogP contribution in [0.25, 0.3) is 0 Å². The summed E-state index contributed by atoms with van der Waals surface area (Å²) in [6, 6.07) is 11.6. The number of hydrogen-bond acceptors (Lipinski definition) is 3. The van der Waals surface area contributed by atoms with Gasteiger partial charge in [-0.3, -0.25) is 4.79 Å². The second-order valence-electron chi connectivity index (χ2n) is 8.73. The van der Waals surface area contributed by atoms with Crippen LogP contribution in [-0.2, 0) is 0 Å². The van der Waals surface area contributed by atoms with Gasteiger partial charge in [0.15, 0.2) is 5.76 Å². The average Bonchev–Trinajstić information content (AvgIpc) is 3.02. The number of rotatable bonds is 4. The van der Waals surface area contributed by atoms with E-state index in [1.807, 2.05) is 31.2 Å². The highest BCUT2D eigenvalue weighted by molar-refractivity contribution is 6.04. The maximum absolute atomic E-state index is 12.5. The molecule has 1 aromatic heterocycles. The van der Waals surface area contributed by atoms with E-state index >= 15 is 0 Å². The molecule has 26 heavy (non-hydrogen) atoms. The van der Waals surface area contributed by atoms with Crippen molar-refractivity contribution in [2.75, 3.05) is 10.6 Å². The number of nitrogens with one attached hydrogen (secondary N) is 2. The molecule has 4 saturated carbocycles. The average molecular weight is 350 g/mol. The summed E-state index contributed by atoms with van der Waals surface area (Å²) < 4.78 is 5.46. The number of carbonyl (C=O) groups is 1. The first kappa shape index (κ1) is 16.0. The largest absolute Gasteiger partial charge is 0.456 e. The van der Waals surface area contributed by atoms with E-state index in [-0.39, 0.29) is 11.4 Å². The molecule has 1 heterocycles. The molecule has 4 heteroatoms. The molecule has 4 aliphatic carbocycles. The van der Waals surface area contributed by atoms with Crippen molar-refractivity contribution < 1.29 is 9.21 Å². The van der Waals surface area contributed by atoms with Crippen molar-refractivity contribution in [2.45, 2.75) is 51.0 Å². The molecule has 4 bridgehead atoms. The summed E-state index contributed by atoms with van der Waals surface area (Å²) in [6.07, 6.45) is 8.11. The molecule has 6 rings (SSSR count). The van der Waals surface area contributed by atoms with Crippen molar-refractivity contribution in [3.8, 4) is 0 Å². The molecule has 2 aromatic rings. The fourth-order valence-electron chi connectivity index (χ4n) is 5.99. The molecule has 2 N–H and O–H groups in total. The lowest BCUT2D eigenvalue weighted by molar-refractivity contribution is 0.0107. The zero-order valence-electron chi connectivity index (χ0n) is 15.3. The minimum atomic E-state index is -0.196. The van der Waals surface area contributed by atoms with Crippen LogP contribution in [0.15, 0.2) is 40.8 Å². The van der Waals surface area contributed by atoms with Crippen molar-refractivity contribution >= 4 is 17.3 Å². The van der Waals surface area contributed by atoms with Gasteiger partial charge in [-0.2, -0.15) is 0 Å². The van der Waals surface area contributed by atoms with E-state index in [4.69, 9.17) is 4.42 Å². The Kier molecular flexibility index (Phi) is 3.63. The third-order valence-electron chi connectivity index (χ3n) is 6.58. The third-order valence-corrected chi connectivity index (χ3v) is 6.58. The first-order valence-electron chi connectivity index (χ1n) is 9.84. The molecule has 0 unspecified atom stereocenters. The standard InChI is InChI=1S/C22H26N2O2/c1-14-6-7-20(26-14)21(25)23-18-4-2-3-5-19(18)24-22-11-15-8-16(12-22)10-17(9-15)13-22/h2-7,15-17,24H,8-13H2,1H3,(H,23,25). The van der Waals surface area contributed by atoms with Crippen molar-refractivity contribution in [3.05, 3.63) is 47.9 Å². The summed E-state index contributed by atoms with van der Waals surface area (Å²) in [6.45, 7) is 1.85. The molecule has 0 atom stereocenters. The van der Waals surface area contributed by atoms with Crippen LogP contribution in [-0.4, -0.2) is 11.4 Å². The molecular weight excluding hydrogens is 324 g/mol. The highest BCUT2D eigenvalue weighted by atomic mass is 16.3. The fraction of sp³-hybridized carbons (Fsp3) is 0.500. The lowest BCUT2D eigenvalue weighted by atomic mass is 9.53. The van der Waals surface area contributed by atoms with Gasteiger partial charge in [-0.1, -0.05) is 12.1 Å². The van der Waals surface area contributed by atoms with Crippen molar-refractivity contribution in [2.24, 2.45) is 17.8 Å². The van der Waals surface area contributed by atoms with Crippen LogP contribution < -0.4 is 10.6 Å². The maximum Gasteiger partial charge on any atom is 0.291 e. The van der Waals surface area contributed by atoms with Crippen LogP contribution >= 0.6 is 0 Å². The van der Waals surface area contributed by atoms with Gasteiger partial charge < -0.3 is 15.1 Å². The van der Waals surface area contributed by atoms with E-state index in [2.05, 4.69) is 16.7 Å². The van der Waals surface area contributed by atoms with Crippen molar-refractivity contribution in [3.63, 3.8) is 0 Å². The van der Waals surface area contributed by atoms with Gasteiger partial charge in [-0.15, -0.1) is 0 Å².